The van der Waals surface area contributed by atoms with Crippen LogP contribution in [0.2, 0.25) is 0 Å². The van der Waals surface area contributed by atoms with Gasteiger partial charge < -0.3 is 19.5 Å². The number of carbonyl (C=O) groups is 2. The molecule has 2 N–H and O–H groups in total. The van der Waals surface area contributed by atoms with Crippen molar-refractivity contribution in [3.63, 3.8) is 0 Å². The molecule has 40 heavy (non-hydrogen) atoms. The van der Waals surface area contributed by atoms with Gasteiger partial charge in [0, 0.05) is 31.3 Å². The van der Waals surface area contributed by atoms with Crippen LogP contribution in [0.3, 0.4) is 0 Å². The number of aromatic nitrogens is 2. The minimum Gasteiger partial charge on any atom is -0.489 e. The van der Waals surface area contributed by atoms with E-state index in [1.54, 1.807) is 42.6 Å². The van der Waals surface area contributed by atoms with Crippen LogP contribution in [0.1, 0.15) is 55.4 Å². The first kappa shape index (κ1) is 29.1. The van der Waals surface area contributed by atoms with Crippen LogP contribution in [0.25, 0.3) is 0 Å². The van der Waals surface area contributed by atoms with E-state index in [1.165, 1.54) is 0 Å². The summed E-state index contributed by atoms with van der Waals surface area (Å²) in [6.07, 6.45) is -0.783. The zero-order chi connectivity index (χ0) is 28.9. The second-order valence-corrected chi connectivity index (χ2v) is 10.2. The van der Waals surface area contributed by atoms with Crippen molar-refractivity contribution in [1.82, 2.24) is 15.0 Å². The van der Waals surface area contributed by atoms with Crippen LogP contribution in [-0.4, -0.2) is 58.8 Å². The number of Topliss-reactive ketones (excluding diaryl/α,β-unsaturated/α-hetero) is 1. The number of ketones is 1. The largest absolute Gasteiger partial charge is 0.489 e. The minimum absolute atomic E-state index is 0.117. The average molecular weight is 560 g/mol. The number of benzene rings is 1. The number of anilines is 2. The Labute approximate surface area is 230 Å². The standard InChI is InChI=1S/C28H32F3N5O4/c1-4-36-13-11-20(12-14-36)39-21-9-10-22(32-17-21)23(37)15-18-5-7-19(8-6-18)33-26(38)34-25-16-24(40-35-25)27(2,3)28(29,30)31/h5-10,16-17,20H,4,11-15H2,1-3H3,(H2,33,34,35,38). The predicted molar refractivity (Wildman–Crippen MR) is 143 cm³/mol. The van der Waals surface area contributed by atoms with E-state index in [9.17, 15) is 22.8 Å². The highest BCUT2D eigenvalue weighted by Gasteiger charge is 2.51. The molecule has 1 aromatic carbocycles. The molecule has 1 fully saturated rings. The van der Waals surface area contributed by atoms with Gasteiger partial charge in [-0.2, -0.15) is 13.2 Å². The lowest BCUT2D eigenvalue weighted by atomic mass is 9.89. The van der Waals surface area contributed by atoms with E-state index in [-0.39, 0.29) is 24.1 Å². The molecule has 2 amide bonds. The van der Waals surface area contributed by atoms with Gasteiger partial charge in [-0.3, -0.25) is 10.1 Å². The van der Waals surface area contributed by atoms with Gasteiger partial charge in [-0.25, -0.2) is 9.78 Å². The topological polar surface area (TPSA) is 110 Å². The van der Waals surface area contributed by atoms with Crippen LogP contribution >= 0.6 is 0 Å². The summed E-state index contributed by atoms with van der Waals surface area (Å²) in [5.74, 6) is -0.0949. The number of rotatable bonds is 9. The van der Waals surface area contributed by atoms with Crippen LogP contribution in [0.5, 0.6) is 5.75 Å². The van der Waals surface area contributed by atoms with Crippen LogP contribution < -0.4 is 15.4 Å². The molecule has 0 unspecified atom stereocenters. The van der Waals surface area contributed by atoms with Crippen molar-refractivity contribution in [2.75, 3.05) is 30.3 Å². The van der Waals surface area contributed by atoms with Crippen molar-refractivity contribution in [3.05, 3.63) is 65.7 Å². The zero-order valence-electron chi connectivity index (χ0n) is 22.5. The Morgan fingerprint density at radius 2 is 1.77 bits per heavy atom. The molecule has 0 atom stereocenters. The molecule has 3 heterocycles. The zero-order valence-corrected chi connectivity index (χ0v) is 22.5. The van der Waals surface area contributed by atoms with Gasteiger partial charge in [0.25, 0.3) is 0 Å². The lowest BCUT2D eigenvalue weighted by Crippen LogP contribution is -2.38. The van der Waals surface area contributed by atoms with Crippen molar-refractivity contribution >= 4 is 23.3 Å². The summed E-state index contributed by atoms with van der Waals surface area (Å²) in [5, 5.41) is 8.39. The van der Waals surface area contributed by atoms with E-state index in [2.05, 4.69) is 32.6 Å². The Morgan fingerprint density at radius 1 is 1.07 bits per heavy atom. The van der Waals surface area contributed by atoms with E-state index in [0.717, 1.165) is 58.0 Å². The van der Waals surface area contributed by atoms with Gasteiger partial charge in [-0.15, -0.1) is 0 Å². The number of urea groups is 1. The third-order valence-electron chi connectivity index (χ3n) is 6.96. The summed E-state index contributed by atoms with van der Waals surface area (Å²) >= 11 is 0. The summed E-state index contributed by atoms with van der Waals surface area (Å²) in [5.41, 5.74) is -0.801. The second-order valence-electron chi connectivity index (χ2n) is 10.2. The Balaban J connectivity index is 1.26. The predicted octanol–water partition coefficient (Wildman–Crippen LogP) is 5.84. The molecule has 2 aromatic heterocycles. The van der Waals surface area contributed by atoms with Gasteiger partial charge >= 0.3 is 12.2 Å². The molecule has 0 aliphatic carbocycles. The quantitative estimate of drug-likeness (QED) is 0.317. The highest BCUT2D eigenvalue weighted by molar-refractivity contribution is 5.99. The van der Waals surface area contributed by atoms with Gasteiger partial charge in [-0.1, -0.05) is 24.2 Å². The number of pyridine rings is 1. The summed E-state index contributed by atoms with van der Waals surface area (Å²) in [6, 6.07) is 10.3. The Hall–Kier alpha value is -3.93. The molecule has 4 rings (SSSR count). The van der Waals surface area contributed by atoms with E-state index in [0.29, 0.717) is 17.1 Å². The molecule has 9 nitrogen and oxygen atoms in total. The maximum Gasteiger partial charge on any atom is 0.401 e. The summed E-state index contributed by atoms with van der Waals surface area (Å²) in [6.45, 7) is 7.13. The Morgan fingerprint density at radius 3 is 2.38 bits per heavy atom. The number of piperidine rings is 1. The fourth-order valence-corrected chi connectivity index (χ4v) is 4.18. The molecular formula is C28H32F3N5O4. The molecular weight excluding hydrogens is 527 g/mol. The molecule has 1 aliphatic rings. The number of amides is 2. The third kappa shape index (κ3) is 7.17. The third-order valence-corrected chi connectivity index (χ3v) is 6.96. The number of nitrogens with zero attached hydrogens (tertiary/aromatic N) is 3. The first-order valence-corrected chi connectivity index (χ1v) is 13.0. The Kier molecular flexibility index (Phi) is 8.77. The van der Waals surface area contributed by atoms with Gasteiger partial charge in [0.15, 0.2) is 17.4 Å². The molecule has 0 saturated carbocycles. The van der Waals surface area contributed by atoms with Crippen molar-refractivity contribution in [2.45, 2.75) is 57.7 Å². The highest BCUT2D eigenvalue weighted by atomic mass is 19.4. The number of nitrogens with one attached hydrogen (secondary N) is 2. The summed E-state index contributed by atoms with van der Waals surface area (Å²) in [4.78, 5) is 31.6. The number of ether oxygens (including phenoxy) is 1. The van der Waals surface area contributed by atoms with Crippen LogP contribution in [0, 0.1) is 0 Å². The highest BCUT2D eigenvalue weighted by Crippen LogP contribution is 2.41. The monoisotopic (exact) mass is 559 g/mol. The molecule has 3 aromatic rings. The second kappa shape index (κ2) is 12.1. The maximum atomic E-state index is 13.2. The van der Waals surface area contributed by atoms with E-state index in [1.807, 2.05) is 0 Å². The van der Waals surface area contributed by atoms with E-state index in [4.69, 9.17) is 9.26 Å². The summed E-state index contributed by atoms with van der Waals surface area (Å²) in [7, 11) is 0. The minimum atomic E-state index is -4.55. The SMILES string of the molecule is CCN1CCC(Oc2ccc(C(=O)Cc3ccc(NC(=O)Nc4cc(C(C)(C)C(F)(F)F)on4)cc3)nc2)CC1. The molecule has 0 spiro atoms. The maximum absolute atomic E-state index is 13.2. The van der Waals surface area contributed by atoms with Crippen LogP contribution in [0.15, 0.2) is 53.2 Å². The van der Waals surface area contributed by atoms with Crippen LogP contribution in [0.4, 0.5) is 29.5 Å². The van der Waals surface area contributed by atoms with E-state index < -0.39 is 23.4 Å². The summed E-state index contributed by atoms with van der Waals surface area (Å²) < 4.78 is 50.4. The number of halogens is 3. The fourth-order valence-electron chi connectivity index (χ4n) is 4.18. The molecule has 1 aliphatic heterocycles. The smallest absolute Gasteiger partial charge is 0.401 e. The molecule has 214 valence electrons. The van der Waals surface area contributed by atoms with Crippen molar-refractivity contribution < 1.29 is 32.0 Å². The van der Waals surface area contributed by atoms with Gasteiger partial charge in [0.05, 0.1) is 6.20 Å². The fraction of sp³-hybridized carbons (Fsp3) is 0.429. The number of hydrogen-bond acceptors (Lipinski definition) is 7. The molecule has 0 bridgehead atoms. The van der Waals surface area contributed by atoms with Gasteiger partial charge in [-0.05, 0) is 63.1 Å². The lowest BCUT2D eigenvalue weighted by molar-refractivity contribution is -0.185. The first-order valence-electron chi connectivity index (χ1n) is 13.0. The first-order chi connectivity index (χ1) is 18.9. The van der Waals surface area contributed by atoms with Gasteiger partial charge in [0.2, 0.25) is 0 Å². The average Bonchev–Trinajstić information content (AvgIpc) is 3.39. The van der Waals surface area contributed by atoms with Gasteiger partial charge in [0.1, 0.15) is 23.0 Å². The van der Waals surface area contributed by atoms with E-state index >= 15 is 0 Å². The molecule has 12 heteroatoms. The lowest BCUT2D eigenvalue weighted by Gasteiger charge is -2.31. The van der Waals surface area contributed by atoms with Crippen molar-refractivity contribution in [3.8, 4) is 5.75 Å². The molecule has 1 saturated heterocycles. The Bertz CT molecular complexity index is 1300. The number of likely N-dealkylation sites (tertiary alicyclic amines) is 1. The number of alkyl halides is 3. The number of hydrogen-bond donors (Lipinski definition) is 2. The van der Waals surface area contributed by atoms with Crippen molar-refractivity contribution in [2.24, 2.45) is 0 Å². The number of carbonyl (C=O) groups excluding carboxylic acids is 2. The normalized spacial score (nSPS) is 15.1. The van der Waals surface area contributed by atoms with Crippen molar-refractivity contribution in [1.29, 1.82) is 0 Å². The van der Waals surface area contributed by atoms with Crippen LogP contribution in [-0.2, 0) is 11.8 Å². The molecule has 0 radical (unpaired) electrons.